The van der Waals surface area contributed by atoms with Crippen molar-refractivity contribution in [1.82, 2.24) is 0 Å². The van der Waals surface area contributed by atoms with Crippen molar-refractivity contribution in [1.29, 1.82) is 0 Å². The van der Waals surface area contributed by atoms with Gasteiger partial charge in [0.15, 0.2) is 0 Å². The van der Waals surface area contributed by atoms with Crippen LogP contribution >= 0.6 is 0 Å². The van der Waals surface area contributed by atoms with Crippen molar-refractivity contribution in [3.05, 3.63) is 24.3 Å². The van der Waals surface area contributed by atoms with Crippen molar-refractivity contribution in [3.63, 3.8) is 0 Å². The van der Waals surface area contributed by atoms with Crippen LogP contribution in [-0.4, -0.2) is 19.0 Å². The molecule has 4 N–H and O–H groups in total. The molecule has 86 valence electrons. The lowest BCUT2D eigenvalue weighted by atomic mass is 9.89. The Kier molecular flexibility index (Phi) is 2.50. The minimum Gasteiger partial charge on any atom is -0.399 e. The Morgan fingerprint density at radius 3 is 2.81 bits per heavy atom. The fourth-order valence-corrected chi connectivity index (χ4v) is 2.10. The summed E-state index contributed by atoms with van der Waals surface area (Å²) in [5, 5.41) is 0. The van der Waals surface area contributed by atoms with Gasteiger partial charge in [-0.3, -0.25) is 4.79 Å². The highest BCUT2D eigenvalue weighted by atomic mass is 16.1. The second-order valence-electron chi connectivity index (χ2n) is 4.69. The van der Waals surface area contributed by atoms with Gasteiger partial charge in [-0.2, -0.15) is 0 Å². The number of hydrogen-bond acceptors (Lipinski definition) is 3. The predicted octanol–water partition coefficient (Wildman–Crippen LogP) is 0.970. The van der Waals surface area contributed by atoms with E-state index in [4.69, 9.17) is 11.5 Å². The summed E-state index contributed by atoms with van der Waals surface area (Å²) in [6, 6.07) is 7.70. The first-order valence-electron chi connectivity index (χ1n) is 5.42. The maximum absolute atomic E-state index is 11.3. The van der Waals surface area contributed by atoms with Crippen LogP contribution in [0.5, 0.6) is 0 Å². The first-order valence-corrected chi connectivity index (χ1v) is 5.42. The van der Waals surface area contributed by atoms with Gasteiger partial charge in [0, 0.05) is 24.5 Å². The van der Waals surface area contributed by atoms with Crippen LogP contribution in [-0.2, 0) is 4.79 Å². The normalized spacial score (nSPS) is 24.7. The highest BCUT2D eigenvalue weighted by Crippen LogP contribution is 2.33. The number of primary amides is 1. The molecule has 1 aromatic carbocycles. The van der Waals surface area contributed by atoms with Gasteiger partial charge < -0.3 is 16.4 Å². The Balaban J connectivity index is 2.18. The topological polar surface area (TPSA) is 72.4 Å². The largest absolute Gasteiger partial charge is 0.399 e. The molecule has 0 spiro atoms. The van der Waals surface area contributed by atoms with Crippen molar-refractivity contribution < 1.29 is 4.79 Å². The lowest BCUT2D eigenvalue weighted by Crippen LogP contribution is -2.37. The summed E-state index contributed by atoms with van der Waals surface area (Å²) in [6.45, 7) is 3.44. The van der Waals surface area contributed by atoms with Crippen LogP contribution in [0, 0.1) is 5.41 Å². The molecule has 1 atom stereocenters. The second-order valence-corrected chi connectivity index (χ2v) is 4.69. The van der Waals surface area contributed by atoms with E-state index in [2.05, 4.69) is 4.90 Å². The molecule has 1 aliphatic rings. The monoisotopic (exact) mass is 219 g/mol. The van der Waals surface area contributed by atoms with Gasteiger partial charge in [-0.05, 0) is 31.5 Å². The molecule has 0 radical (unpaired) electrons. The number of rotatable bonds is 2. The molecule has 0 aliphatic carbocycles. The van der Waals surface area contributed by atoms with Crippen molar-refractivity contribution >= 4 is 17.3 Å². The highest BCUT2D eigenvalue weighted by Gasteiger charge is 2.38. The van der Waals surface area contributed by atoms with Crippen molar-refractivity contribution in [2.45, 2.75) is 13.3 Å². The third-order valence-corrected chi connectivity index (χ3v) is 3.30. The van der Waals surface area contributed by atoms with Crippen LogP contribution in [0.4, 0.5) is 11.4 Å². The number of carbonyl (C=O) groups excluding carboxylic acids is 1. The Morgan fingerprint density at radius 1 is 1.50 bits per heavy atom. The minimum absolute atomic E-state index is 0.223. The van der Waals surface area contributed by atoms with Gasteiger partial charge in [-0.1, -0.05) is 6.07 Å². The molecular weight excluding hydrogens is 202 g/mol. The van der Waals surface area contributed by atoms with Crippen LogP contribution < -0.4 is 16.4 Å². The molecule has 0 bridgehead atoms. The van der Waals surface area contributed by atoms with Gasteiger partial charge in [-0.15, -0.1) is 0 Å². The lowest BCUT2D eigenvalue weighted by molar-refractivity contribution is -0.125. The van der Waals surface area contributed by atoms with E-state index in [0.29, 0.717) is 6.54 Å². The number of anilines is 2. The van der Waals surface area contributed by atoms with Gasteiger partial charge in [0.2, 0.25) is 5.91 Å². The zero-order valence-corrected chi connectivity index (χ0v) is 9.44. The number of amides is 1. The third kappa shape index (κ3) is 1.83. The standard InChI is InChI=1S/C12H17N3O/c1-12(11(14)16)5-6-15(8-12)10-4-2-3-9(13)7-10/h2-4,7H,5-6,8,13H2,1H3,(H2,14,16). The van der Waals surface area contributed by atoms with E-state index in [9.17, 15) is 4.79 Å². The van der Waals surface area contributed by atoms with Gasteiger partial charge in [0.25, 0.3) is 0 Å². The minimum atomic E-state index is -0.412. The molecule has 0 aromatic heterocycles. The highest BCUT2D eigenvalue weighted by molar-refractivity contribution is 5.82. The summed E-state index contributed by atoms with van der Waals surface area (Å²) in [4.78, 5) is 13.5. The van der Waals surface area contributed by atoms with Crippen LogP contribution in [0.1, 0.15) is 13.3 Å². The van der Waals surface area contributed by atoms with Gasteiger partial charge in [0.1, 0.15) is 0 Å². The first kappa shape index (κ1) is 10.8. The smallest absolute Gasteiger partial charge is 0.225 e. The fourth-order valence-electron chi connectivity index (χ4n) is 2.10. The number of carbonyl (C=O) groups is 1. The van der Waals surface area contributed by atoms with Gasteiger partial charge in [-0.25, -0.2) is 0 Å². The Bertz CT molecular complexity index is 418. The van der Waals surface area contributed by atoms with E-state index in [1.54, 1.807) is 0 Å². The Hall–Kier alpha value is -1.71. The maximum Gasteiger partial charge on any atom is 0.225 e. The third-order valence-electron chi connectivity index (χ3n) is 3.30. The molecule has 1 heterocycles. The zero-order chi connectivity index (χ0) is 11.8. The van der Waals surface area contributed by atoms with Crippen molar-refractivity contribution in [3.8, 4) is 0 Å². The summed E-state index contributed by atoms with van der Waals surface area (Å²) in [7, 11) is 0. The van der Waals surface area contributed by atoms with Gasteiger partial charge in [0.05, 0.1) is 5.41 Å². The second kappa shape index (κ2) is 3.70. The fraction of sp³-hybridized carbons (Fsp3) is 0.417. The van der Waals surface area contributed by atoms with E-state index in [1.165, 1.54) is 0 Å². The molecule has 4 heteroatoms. The molecule has 1 unspecified atom stereocenters. The van der Waals surface area contributed by atoms with Crippen LogP contribution in [0.3, 0.4) is 0 Å². The lowest BCUT2D eigenvalue weighted by Gasteiger charge is -2.22. The molecule has 2 rings (SSSR count). The van der Waals surface area contributed by atoms with E-state index in [-0.39, 0.29) is 5.91 Å². The first-order chi connectivity index (χ1) is 7.51. The molecule has 1 fully saturated rings. The van der Waals surface area contributed by atoms with Crippen LogP contribution in [0.15, 0.2) is 24.3 Å². The van der Waals surface area contributed by atoms with Crippen LogP contribution in [0.2, 0.25) is 0 Å². The van der Waals surface area contributed by atoms with E-state index in [1.807, 2.05) is 31.2 Å². The van der Waals surface area contributed by atoms with E-state index in [0.717, 1.165) is 24.3 Å². The van der Waals surface area contributed by atoms with E-state index < -0.39 is 5.41 Å². The number of nitrogen functional groups attached to an aromatic ring is 1. The summed E-state index contributed by atoms with van der Waals surface area (Å²) < 4.78 is 0. The summed E-state index contributed by atoms with van der Waals surface area (Å²) in [6.07, 6.45) is 0.803. The summed E-state index contributed by atoms with van der Waals surface area (Å²) in [5.41, 5.74) is 12.5. The molecule has 1 aliphatic heterocycles. The summed E-state index contributed by atoms with van der Waals surface area (Å²) >= 11 is 0. The molecule has 1 saturated heterocycles. The average molecular weight is 219 g/mol. The average Bonchev–Trinajstić information content (AvgIpc) is 2.62. The molecule has 1 aromatic rings. The molecule has 1 amide bonds. The molecule has 4 nitrogen and oxygen atoms in total. The molecule has 0 saturated carbocycles. The van der Waals surface area contributed by atoms with Crippen LogP contribution in [0.25, 0.3) is 0 Å². The van der Waals surface area contributed by atoms with Gasteiger partial charge >= 0.3 is 0 Å². The Labute approximate surface area is 95.2 Å². The quantitative estimate of drug-likeness (QED) is 0.728. The molecular formula is C12H17N3O. The summed E-state index contributed by atoms with van der Waals surface area (Å²) in [5.74, 6) is -0.223. The zero-order valence-electron chi connectivity index (χ0n) is 9.44. The van der Waals surface area contributed by atoms with E-state index >= 15 is 0 Å². The molecule has 16 heavy (non-hydrogen) atoms. The number of hydrogen-bond donors (Lipinski definition) is 2. The number of benzene rings is 1. The van der Waals surface area contributed by atoms with Crippen molar-refractivity contribution in [2.75, 3.05) is 23.7 Å². The number of nitrogens with two attached hydrogens (primary N) is 2. The Morgan fingerprint density at radius 2 is 2.25 bits per heavy atom. The SMILES string of the molecule is CC1(C(N)=O)CCN(c2cccc(N)c2)C1. The predicted molar refractivity (Wildman–Crippen MR) is 65.0 cm³/mol. The number of nitrogens with zero attached hydrogens (tertiary/aromatic N) is 1. The van der Waals surface area contributed by atoms with Crippen molar-refractivity contribution in [2.24, 2.45) is 11.1 Å². The maximum atomic E-state index is 11.3.